The number of alkyl halides is 2. The largest absolute Gasteiger partial charge is 0.487 e. The van der Waals surface area contributed by atoms with Crippen molar-refractivity contribution in [2.75, 3.05) is 18.6 Å². The lowest BCUT2D eigenvalue weighted by atomic mass is 9.95. The molecule has 0 saturated carbocycles. The van der Waals surface area contributed by atoms with Gasteiger partial charge in [0, 0.05) is 19.3 Å². The van der Waals surface area contributed by atoms with Crippen molar-refractivity contribution in [2.45, 2.75) is 26.3 Å². The minimum absolute atomic E-state index is 0.0583. The first kappa shape index (κ1) is 25.6. The third kappa shape index (κ3) is 6.01. The van der Waals surface area contributed by atoms with Gasteiger partial charge in [0.15, 0.2) is 11.6 Å². The average Bonchev–Trinajstić information content (AvgIpc) is 3.00. The Bertz CT molecular complexity index is 1370. The molecule has 0 spiro atoms. The van der Waals surface area contributed by atoms with Gasteiger partial charge in [0.2, 0.25) is 0 Å². The molecule has 0 aliphatic carbocycles. The second-order valence-electron chi connectivity index (χ2n) is 8.82. The molecule has 0 bridgehead atoms. The van der Waals surface area contributed by atoms with Crippen LogP contribution < -0.4 is 19.7 Å². The zero-order valence-electron chi connectivity index (χ0n) is 20.4. The Morgan fingerprint density at radius 1 is 1.19 bits per heavy atom. The highest BCUT2D eigenvalue weighted by Gasteiger charge is 2.32. The van der Waals surface area contributed by atoms with Crippen molar-refractivity contribution >= 4 is 17.6 Å². The zero-order chi connectivity index (χ0) is 26.6. The Balaban J connectivity index is 1.48. The van der Waals surface area contributed by atoms with Gasteiger partial charge in [0.25, 0.3) is 18.2 Å². The highest BCUT2D eigenvalue weighted by Crippen LogP contribution is 2.29. The summed E-state index contributed by atoms with van der Waals surface area (Å²) in [5.74, 6) is 5.55. The van der Waals surface area contributed by atoms with Gasteiger partial charge in [-0.1, -0.05) is 24.1 Å². The number of amides is 2. The molecule has 1 aliphatic rings. The summed E-state index contributed by atoms with van der Waals surface area (Å²) in [6, 6.07) is 14.2. The van der Waals surface area contributed by atoms with E-state index in [1.54, 1.807) is 24.3 Å². The molecule has 37 heavy (non-hydrogen) atoms. The van der Waals surface area contributed by atoms with Crippen LogP contribution in [0.2, 0.25) is 0 Å². The molecule has 1 aliphatic heterocycles. The summed E-state index contributed by atoms with van der Waals surface area (Å²) in [7, 11) is 1.48. The number of ether oxygens (including phenoxy) is 2. The van der Waals surface area contributed by atoms with Gasteiger partial charge in [0.1, 0.15) is 35.5 Å². The van der Waals surface area contributed by atoms with E-state index in [-0.39, 0.29) is 23.8 Å². The first-order chi connectivity index (χ1) is 17.6. The van der Waals surface area contributed by atoms with Gasteiger partial charge in [-0.3, -0.25) is 19.5 Å². The van der Waals surface area contributed by atoms with Gasteiger partial charge in [-0.25, -0.2) is 13.8 Å². The van der Waals surface area contributed by atoms with E-state index < -0.39 is 29.7 Å². The molecule has 0 fully saturated rings. The number of benzene rings is 1. The van der Waals surface area contributed by atoms with Gasteiger partial charge < -0.3 is 14.8 Å². The first-order valence-corrected chi connectivity index (χ1v) is 11.4. The lowest BCUT2D eigenvalue weighted by molar-refractivity contribution is -0.120. The number of hydrogen-bond acceptors (Lipinski definition) is 6. The molecule has 8 nitrogen and oxygen atoms in total. The smallest absolute Gasteiger partial charge is 0.270 e. The summed E-state index contributed by atoms with van der Waals surface area (Å²) in [6.45, 7) is 2.52. The van der Waals surface area contributed by atoms with Crippen LogP contribution in [0.25, 0.3) is 0 Å². The predicted octanol–water partition coefficient (Wildman–Crippen LogP) is 4.07. The van der Waals surface area contributed by atoms with E-state index in [9.17, 15) is 18.4 Å². The summed E-state index contributed by atoms with van der Waals surface area (Å²) in [5, 5.41) is 2.64. The van der Waals surface area contributed by atoms with Crippen molar-refractivity contribution in [1.29, 1.82) is 0 Å². The van der Waals surface area contributed by atoms with E-state index in [0.29, 0.717) is 17.2 Å². The second-order valence-corrected chi connectivity index (χ2v) is 8.82. The number of aromatic nitrogens is 2. The number of anilines is 1. The Morgan fingerprint density at radius 2 is 1.95 bits per heavy atom. The summed E-state index contributed by atoms with van der Waals surface area (Å²) in [5.41, 5.74) is -1.25. The van der Waals surface area contributed by atoms with Crippen LogP contribution in [-0.2, 0) is 4.79 Å². The van der Waals surface area contributed by atoms with Crippen LogP contribution in [0.15, 0.2) is 60.8 Å². The minimum Gasteiger partial charge on any atom is -0.487 e. The van der Waals surface area contributed by atoms with Gasteiger partial charge in [-0.2, -0.15) is 0 Å². The number of hydrogen-bond donors (Lipinski definition) is 1. The Kier molecular flexibility index (Phi) is 7.34. The molecule has 0 unspecified atom stereocenters. The van der Waals surface area contributed by atoms with Gasteiger partial charge in [-0.15, -0.1) is 0 Å². The van der Waals surface area contributed by atoms with Crippen LogP contribution in [-0.4, -0.2) is 47.9 Å². The number of rotatable bonds is 5. The maximum atomic E-state index is 13.1. The van der Waals surface area contributed by atoms with Crippen LogP contribution >= 0.6 is 0 Å². The van der Waals surface area contributed by atoms with Gasteiger partial charge in [0.05, 0.1) is 5.41 Å². The molecule has 10 heteroatoms. The van der Waals surface area contributed by atoms with Crippen molar-refractivity contribution in [1.82, 2.24) is 15.3 Å². The van der Waals surface area contributed by atoms with Crippen LogP contribution in [0.4, 0.5) is 14.6 Å². The zero-order valence-corrected chi connectivity index (χ0v) is 20.4. The van der Waals surface area contributed by atoms with Gasteiger partial charge in [-0.05, 0) is 50.1 Å². The predicted molar refractivity (Wildman–Crippen MR) is 132 cm³/mol. The van der Waals surface area contributed by atoms with E-state index in [1.807, 2.05) is 18.2 Å². The normalized spacial score (nSPS) is 15.1. The minimum atomic E-state index is -2.63. The molecule has 1 N–H and O–H groups in total. The molecule has 0 radical (unpaired) electrons. The standard InChI is InChI=1S/C27H24F2N4O4/c1-27(2,26(28)29)13-11-17-9-10-22-23(31-17)33(3)25(35)21(16-36-22)32-24(34)20-15-19(12-14-30-20)37-18-7-5-4-6-8-18/h4-10,12,14-15,21,26H,16H2,1-3H3,(H,32,34)/t21-/m0/s1. The molecular formula is C27H24F2N4O4. The SMILES string of the molecule is CN1C(=O)[C@@H](NC(=O)c2cc(Oc3ccccc3)ccn2)COc2ccc(C#CC(C)(C)C(F)F)nc21. The second kappa shape index (κ2) is 10.6. The summed E-state index contributed by atoms with van der Waals surface area (Å²) in [4.78, 5) is 35.6. The highest BCUT2D eigenvalue weighted by molar-refractivity contribution is 6.02. The fraction of sp³-hybridized carbons (Fsp3) is 0.259. The molecule has 4 rings (SSSR count). The number of nitrogens with one attached hydrogen (secondary N) is 1. The third-order valence-electron chi connectivity index (χ3n) is 5.50. The first-order valence-electron chi connectivity index (χ1n) is 11.4. The highest BCUT2D eigenvalue weighted by atomic mass is 19.3. The molecule has 3 aromatic rings. The van der Waals surface area contributed by atoms with Crippen molar-refractivity contribution < 1.29 is 27.8 Å². The van der Waals surface area contributed by atoms with Crippen molar-refractivity contribution in [3.8, 4) is 29.1 Å². The van der Waals surface area contributed by atoms with Crippen molar-refractivity contribution in [3.63, 3.8) is 0 Å². The molecule has 1 aromatic carbocycles. The monoisotopic (exact) mass is 506 g/mol. The quantitative estimate of drug-likeness (QED) is 0.525. The maximum Gasteiger partial charge on any atom is 0.270 e. The van der Waals surface area contributed by atoms with E-state index >= 15 is 0 Å². The average molecular weight is 507 g/mol. The van der Waals surface area contributed by atoms with Crippen LogP contribution in [0.5, 0.6) is 17.2 Å². The van der Waals surface area contributed by atoms with Crippen LogP contribution in [0, 0.1) is 17.3 Å². The van der Waals surface area contributed by atoms with E-state index in [4.69, 9.17) is 9.47 Å². The summed E-state index contributed by atoms with van der Waals surface area (Å²) >= 11 is 0. The van der Waals surface area contributed by atoms with E-state index in [0.717, 1.165) is 0 Å². The Labute approximate surface area is 212 Å². The fourth-order valence-electron chi connectivity index (χ4n) is 3.28. The number of nitrogens with zero attached hydrogens (tertiary/aromatic N) is 3. The van der Waals surface area contributed by atoms with E-state index in [2.05, 4.69) is 27.1 Å². The maximum absolute atomic E-state index is 13.1. The fourth-order valence-corrected chi connectivity index (χ4v) is 3.28. The molecule has 3 heterocycles. The van der Waals surface area contributed by atoms with E-state index in [1.165, 1.54) is 44.1 Å². The lowest BCUT2D eigenvalue weighted by Gasteiger charge is -2.19. The number of para-hydroxylation sites is 1. The number of likely N-dealkylation sites (N-methyl/N-ethyl adjacent to an activating group) is 1. The summed E-state index contributed by atoms with van der Waals surface area (Å²) < 4.78 is 37.7. The number of pyridine rings is 2. The molecule has 2 amide bonds. The van der Waals surface area contributed by atoms with Gasteiger partial charge >= 0.3 is 0 Å². The Hall–Kier alpha value is -4.52. The number of fused-ring (bicyclic) bond motifs is 1. The summed E-state index contributed by atoms with van der Waals surface area (Å²) in [6.07, 6.45) is -1.19. The number of halogens is 2. The van der Waals surface area contributed by atoms with Crippen LogP contribution in [0.1, 0.15) is 30.0 Å². The van der Waals surface area contributed by atoms with Crippen molar-refractivity contribution in [3.05, 3.63) is 72.2 Å². The molecule has 0 saturated heterocycles. The molecule has 190 valence electrons. The molecular weight excluding hydrogens is 482 g/mol. The topological polar surface area (TPSA) is 93.7 Å². The molecule has 1 atom stereocenters. The molecule has 2 aromatic heterocycles. The Morgan fingerprint density at radius 3 is 2.68 bits per heavy atom. The number of carbonyl (C=O) groups excluding carboxylic acids is 2. The van der Waals surface area contributed by atoms with Crippen molar-refractivity contribution in [2.24, 2.45) is 5.41 Å². The number of carbonyl (C=O) groups is 2. The third-order valence-corrected chi connectivity index (χ3v) is 5.50. The van der Waals surface area contributed by atoms with Crippen LogP contribution in [0.3, 0.4) is 0 Å². The lowest BCUT2D eigenvalue weighted by Crippen LogP contribution is -2.49.